The van der Waals surface area contributed by atoms with Crippen LogP contribution in [0.5, 0.6) is 5.75 Å². The van der Waals surface area contributed by atoms with Gasteiger partial charge in [-0.3, -0.25) is 5.43 Å². The Balaban J connectivity index is 2.13. The number of rotatable bonds is 6. The molecule has 0 spiro atoms. The van der Waals surface area contributed by atoms with Gasteiger partial charge in [-0.05, 0) is 35.9 Å². The molecule has 2 atom stereocenters. The quantitative estimate of drug-likeness (QED) is 0.375. The van der Waals surface area contributed by atoms with Gasteiger partial charge < -0.3 is 15.2 Å². The van der Waals surface area contributed by atoms with Crippen molar-refractivity contribution < 1.29 is 25.6 Å². The van der Waals surface area contributed by atoms with Crippen molar-refractivity contribution in [1.82, 2.24) is 0 Å². The van der Waals surface area contributed by atoms with Crippen molar-refractivity contribution in [3.63, 3.8) is 0 Å². The molecule has 2 unspecified atom stereocenters. The molecule has 9 heteroatoms. The number of nitrogens with one attached hydrogen (secondary N) is 3. The van der Waals surface area contributed by atoms with Gasteiger partial charge in [0, 0.05) is 6.07 Å². The van der Waals surface area contributed by atoms with Crippen LogP contribution in [0.3, 0.4) is 0 Å². The molecule has 0 bridgehead atoms. The molecule has 0 aliphatic heterocycles. The van der Waals surface area contributed by atoms with Crippen molar-refractivity contribution in [3.8, 4) is 5.75 Å². The van der Waals surface area contributed by atoms with Gasteiger partial charge in [-0.2, -0.15) is 15.6 Å². The Kier molecular flexibility index (Phi) is 5.60. The molecule has 0 aromatic heterocycles. The standard InChI is InChI=1S/C14H16N4O5/c1-23-12-5-2-10(3-6-12)9-15-16-13-7-4-11(17(19)20)8-14(13)18(21)22/h2-9,16-19,21H,1H3. The summed E-state index contributed by atoms with van der Waals surface area (Å²) in [6.07, 6.45) is 1.51. The molecule has 5 N–H and O–H groups in total. The van der Waals surface area contributed by atoms with Crippen molar-refractivity contribution in [2.75, 3.05) is 12.5 Å². The van der Waals surface area contributed by atoms with Crippen LogP contribution in [-0.4, -0.2) is 23.7 Å². The SMILES string of the molecule is COc1ccc(C=NNc2ccc([NH+]([O-])O)cc2[NH+]([O-])O)cc1. The van der Waals surface area contributed by atoms with Gasteiger partial charge in [0.05, 0.1) is 19.4 Å². The molecular formula is C14H16N4O5. The first-order valence-corrected chi connectivity index (χ1v) is 6.55. The third-order valence-corrected chi connectivity index (χ3v) is 3.01. The molecule has 122 valence electrons. The molecule has 9 nitrogen and oxygen atoms in total. The van der Waals surface area contributed by atoms with Gasteiger partial charge in [-0.1, -0.05) is 0 Å². The van der Waals surface area contributed by atoms with Gasteiger partial charge in [0.2, 0.25) is 0 Å². The fraction of sp³-hybridized carbons (Fsp3) is 0.0714. The van der Waals surface area contributed by atoms with Crippen LogP contribution in [0, 0.1) is 10.4 Å². The number of ether oxygens (including phenoxy) is 1. The van der Waals surface area contributed by atoms with Crippen LogP contribution in [-0.2, 0) is 0 Å². The number of nitrogens with zero attached hydrogens (tertiary/aromatic N) is 1. The average molecular weight is 320 g/mol. The first-order valence-electron chi connectivity index (χ1n) is 6.55. The number of benzene rings is 2. The summed E-state index contributed by atoms with van der Waals surface area (Å²) in [5.74, 6) is 0.715. The molecule has 0 radical (unpaired) electrons. The Hall–Kier alpha value is -2.53. The summed E-state index contributed by atoms with van der Waals surface area (Å²) in [6, 6.07) is 10.9. The highest BCUT2D eigenvalue weighted by molar-refractivity contribution is 5.80. The van der Waals surface area contributed by atoms with Crippen LogP contribution in [0.4, 0.5) is 17.1 Å². The van der Waals surface area contributed by atoms with Crippen molar-refractivity contribution in [2.24, 2.45) is 5.10 Å². The third-order valence-electron chi connectivity index (χ3n) is 3.01. The lowest BCUT2D eigenvalue weighted by molar-refractivity contribution is -0.996. The highest BCUT2D eigenvalue weighted by Crippen LogP contribution is 2.20. The van der Waals surface area contributed by atoms with Crippen molar-refractivity contribution in [1.29, 1.82) is 0 Å². The molecule has 2 aromatic rings. The molecule has 0 aliphatic carbocycles. The molecule has 23 heavy (non-hydrogen) atoms. The highest BCUT2D eigenvalue weighted by atomic mass is 16.8. The second-order valence-corrected chi connectivity index (χ2v) is 4.51. The van der Waals surface area contributed by atoms with Gasteiger partial charge in [0.15, 0.2) is 11.4 Å². The zero-order valence-electron chi connectivity index (χ0n) is 12.2. The summed E-state index contributed by atoms with van der Waals surface area (Å²) >= 11 is 0. The second-order valence-electron chi connectivity index (χ2n) is 4.51. The predicted molar refractivity (Wildman–Crippen MR) is 82.2 cm³/mol. The smallest absolute Gasteiger partial charge is 0.195 e. The Morgan fingerprint density at radius 2 is 1.78 bits per heavy atom. The minimum atomic E-state index is -1.24. The Morgan fingerprint density at radius 3 is 2.35 bits per heavy atom. The molecule has 0 saturated carbocycles. The lowest BCUT2D eigenvalue weighted by Crippen LogP contribution is -3.00. The number of hydrazone groups is 1. The van der Waals surface area contributed by atoms with E-state index in [2.05, 4.69) is 10.5 Å². The van der Waals surface area contributed by atoms with Crippen molar-refractivity contribution >= 4 is 23.3 Å². The normalized spacial score (nSPS) is 13.8. The summed E-state index contributed by atoms with van der Waals surface area (Å²) in [5.41, 5.74) is 3.32. The lowest BCUT2D eigenvalue weighted by Gasteiger charge is -2.17. The Labute approximate surface area is 131 Å². The van der Waals surface area contributed by atoms with Crippen LogP contribution >= 0.6 is 0 Å². The van der Waals surface area contributed by atoms with E-state index in [-0.39, 0.29) is 17.1 Å². The van der Waals surface area contributed by atoms with Gasteiger partial charge in [0.25, 0.3) is 0 Å². The van der Waals surface area contributed by atoms with E-state index in [1.54, 1.807) is 31.4 Å². The van der Waals surface area contributed by atoms with Crippen LogP contribution in [0.25, 0.3) is 0 Å². The summed E-state index contributed by atoms with van der Waals surface area (Å²) in [4.78, 5) is 0. The maximum Gasteiger partial charge on any atom is 0.195 e. The first-order chi connectivity index (χ1) is 11.0. The maximum absolute atomic E-state index is 11.2. The molecule has 2 rings (SSSR count). The van der Waals surface area contributed by atoms with E-state index in [4.69, 9.17) is 15.2 Å². The van der Waals surface area contributed by atoms with Crippen LogP contribution < -0.4 is 20.6 Å². The molecular weight excluding hydrogens is 304 g/mol. The maximum atomic E-state index is 11.2. The van der Waals surface area contributed by atoms with Crippen molar-refractivity contribution in [2.45, 2.75) is 0 Å². The Bertz CT molecular complexity index is 673. The number of hydrogen-bond acceptors (Lipinski definition) is 7. The van der Waals surface area contributed by atoms with E-state index in [0.29, 0.717) is 5.75 Å². The fourth-order valence-corrected chi connectivity index (χ4v) is 1.82. The van der Waals surface area contributed by atoms with Crippen LogP contribution in [0.15, 0.2) is 47.6 Å². The third kappa shape index (κ3) is 4.47. The molecule has 0 fully saturated rings. The molecule has 0 heterocycles. The van der Waals surface area contributed by atoms with E-state index in [1.807, 2.05) is 0 Å². The van der Waals surface area contributed by atoms with Crippen LogP contribution in [0.2, 0.25) is 0 Å². The number of quaternary nitrogens is 2. The Morgan fingerprint density at radius 1 is 1.09 bits per heavy atom. The molecule has 0 saturated heterocycles. The van der Waals surface area contributed by atoms with Gasteiger partial charge in [-0.15, -0.1) is 0 Å². The van der Waals surface area contributed by atoms with Crippen LogP contribution in [0.1, 0.15) is 5.56 Å². The van der Waals surface area contributed by atoms with E-state index in [1.165, 1.54) is 18.3 Å². The molecule has 2 aromatic carbocycles. The first kappa shape index (κ1) is 16.8. The van der Waals surface area contributed by atoms with E-state index in [9.17, 15) is 10.4 Å². The van der Waals surface area contributed by atoms with E-state index < -0.39 is 10.5 Å². The summed E-state index contributed by atoms with van der Waals surface area (Å²) in [6.45, 7) is 0. The van der Waals surface area contributed by atoms with E-state index in [0.717, 1.165) is 11.6 Å². The van der Waals surface area contributed by atoms with Gasteiger partial charge in [0.1, 0.15) is 11.4 Å². The second kappa shape index (κ2) is 7.65. The largest absolute Gasteiger partial charge is 0.595 e. The topological polar surface area (TPSA) is 129 Å². The number of methoxy groups -OCH3 is 1. The number of anilines is 1. The van der Waals surface area contributed by atoms with Gasteiger partial charge in [-0.25, -0.2) is 10.4 Å². The van der Waals surface area contributed by atoms with E-state index >= 15 is 0 Å². The number of hydrogen-bond donors (Lipinski definition) is 5. The zero-order chi connectivity index (χ0) is 16.8. The minimum absolute atomic E-state index is 0.105. The minimum Gasteiger partial charge on any atom is -0.595 e. The molecule has 0 amide bonds. The predicted octanol–water partition coefficient (Wildman–Crippen LogP) is -0.0520. The summed E-state index contributed by atoms with van der Waals surface area (Å²) in [5, 5.41) is 41.7. The molecule has 0 aliphatic rings. The highest BCUT2D eigenvalue weighted by Gasteiger charge is 2.13. The lowest BCUT2D eigenvalue weighted by atomic mass is 10.2. The monoisotopic (exact) mass is 320 g/mol. The zero-order valence-corrected chi connectivity index (χ0v) is 12.2. The summed E-state index contributed by atoms with van der Waals surface area (Å²) in [7, 11) is 1.57. The summed E-state index contributed by atoms with van der Waals surface area (Å²) < 4.78 is 5.04. The van der Waals surface area contributed by atoms with Crippen molar-refractivity contribution in [3.05, 3.63) is 58.4 Å². The van der Waals surface area contributed by atoms with Gasteiger partial charge >= 0.3 is 0 Å². The fourth-order valence-electron chi connectivity index (χ4n) is 1.82. The average Bonchev–Trinajstić information content (AvgIpc) is 2.55.